The van der Waals surface area contributed by atoms with Crippen LogP contribution < -0.4 is 25.6 Å². The number of hydrogen-bond acceptors (Lipinski definition) is 7. The molecular formula is C31H33Cl2F2N5O3S. The summed E-state index contributed by atoms with van der Waals surface area (Å²) in [4.78, 5) is 28.0. The fourth-order valence-electron chi connectivity index (χ4n) is 4.01. The van der Waals surface area contributed by atoms with E-state index >= 15 is 0 Å². The molecule has 13 heteroatoms. The molecule has 2 aromatic carbocycles. The smallest absolute Gasteiger partial charge is 0.272 e. The lowest BCUT2D eigenvalue weighted by atomic mass is 9.95. The highest BCUT2D eigenvalue weighted by molar-refractivity contribution is 7.16. The number of ether oxygens (including phenoxy) is 1. The molecule has 0 aliphatic carbocycles. The van der Waals surface area contributed by atoms with Gasteiger partial charge in [0, 0.05) is 35.6 Å². The van der Waals surface area contributed by atoms with Crippen molar-refractivity contribution >= 4 is 62.7 Å². The first-order valence-electron chi connectivity index (χ1n) is 13.4. The summed E-state index contributed by atoms with van der Waals surface area (Å²) in [6, 6.07) is 10.0. The van der Waals surface area contributed by atoms with Crippen molar-refractivity contribution in [2.75, 3.05) is 29.2 Å². The Bertz CT molecular complexity index is 1630. The summed E-state index contributed by atoms with van der Waals surface area (Å²) in [5.74, 6) is -0.522. The molecule has 3 rings (SSSR count). The zero-order valence-corrected chi connectivity index (χ0v) is 27.5. The lowest BCUT2D eigenvalue weighted by molar-refractivity contribution is -0.128. The molecule has 0 radical (unpaired) electrons. The van der Waals surface area contributed by atoms with E-state index in [1.54, 1.807) is 64.8 Å². The Morgan fingerprint density at radius 1 is 1.16 bits per heavy atom. The number of nitrogens with zero attached hydrogens (tertiary/aromatic N) is 2. The Balaban J connectivity index is 1.90. The molecule has 0 spiro atoms. The molecule has 0 saturated carbocycles. The van der Waals surface area contributed by atoms with Crippen molar-refractivity contribution in [1.29, 1.82) is 5.26 Å². The molecule has 0 atom stereocenters. The van der Waals surface area contributed by atoms with Crippen molar-refractivity contribution in [2.45, 2.75) is 47.6 Å². The molecule has 2 amide bonds. The molecule has 0 unspecified atom stereocenters. The monoisotopic (exact) mass is 663 g/mol. The van der Waals surface area contributed by atoms with Crippen LogP contribution in [0, 0.1) is 30.6 Å². The van der Waals surface area contributed by atoms with Crippen molar-refractivity contribution in [2.24, 2.45) is 5.41 Å². The zero-order chi connectivity index (χ0) is 32.9. The van der Waals surface area contributed by atoms with E-state index in [0.717, 1.165) is 4.88 Å². The van der Waals surface area contributed by atoms with Crippen LogP contribution in [0.15, 0.2) is 42.7 Å². The third-order valence-electron chi connectivity index (χ3n) is 6.44. The van der Waals surface area contributed by atoms with E-state index in [2.05, 4.69) is 22.5 Å². The van der Waals surface area contributed by atoms with Crippen LogP contribution in [-0.2, 0) is 11.3 Å². The molecule has 0 aliphatic rings. The minimum Gasteiger partial charge on any atom is -0.487 e. The number of nitriles is 1. The van der Waals surface area contributed by atoms with E-state index < -0.39 is 24.4 Å². The average molecular weight is 665 g/mol. The Labute approximate surface area is 269 Å². The second kappa shape index (κ2) is 14.3. The van der Waals surface area contributed by atoms with Gasteiger partial charge in [-0.2, -0.15) is 5.26 Å². The number of thiophene rings is 1. The van der Waals surface area contributed by atoms with Crippen LogP contribution >= 0.6 is 34.5 Å². The lowest BCUT2D eigenvalue weighted by Gasteiger charge is -2.27. The molecule has 3 aromatic rings. The van der Waals surface area contributed by atoms with Gasteiger partial charge in [0.1, 0.15) is 29.2 Å². The topological polar surface area (TPSA) is 106 Å². The van der Waals surface area contributed by atoms with Crippen molar-refractivity contribution < 1.29 is 23.1 Å². The highest BCUT2D eigenvalue weighted by Crippen LogP contribution is 2.37. The Kier molecular flexibility index (Phi) is 11.2. The number of rotatable bonds is 11. The number of alkyl halides is 2. The Hall–Kier alpha value is -3.85. The number of carbonyl (C=O) groups is 2. The number of nitrogens with one attached hydrogen (secondary N) is 3. The van der Waals surface area contributed by atoms with Crippen LogP contribution in [0.2, 0.25) is 10.0 Å². The van der Waals surface area contributed by atoms with Crippen molar-refractivity contribution in [3.63, 3.8) is 0 Å². The summed E-state index contributed by atoms with van der Waals surface area (Å²) in [7, 11) is 1.68. The lowest BCUT2D eigenvalue weighted by Crippen LogP contribution is -2.34. The normalized spacial score (nSPS) is 11.1. The van der Waals surface area contributed by atoms with Gasteiger partial charge in [-0.25, -0.2) is 8.78 Å². The molecule has 0 bridgehead atoms. The Morgan fingerprint density at radius 3 is 2.45 bits per heavy atom. The minimum absolute atomic E-state index is 0.0184. The summed E-state index contributed by atoms with van der Waals surface area (Å²) in [5, 5.41) is 19.0. The van der Waals surface area contributed by atoms with E-state index in [9.17, 15) is 23.6 Å². The predicted octanol–water partition coefficient (Wildman–Crippen LogP) is 8.12. The predicted molar refractivity (Wildman–Crippen MR) is 173 cm³/mol. The SMILES string of the molecule is C=C(Nc1c(Cl)ccc(CNC(=O)C(C)(C)C)c1Cl)N(C)c1cc(OCC(F)F)c(C(=O)Nc2sc(C)cc2C#N)cc1C. The van der Waals surface area contributed by atoms with Gasteiger partial charge in [-0.1, -0.05) is 56.6 Å². The molecule has 1 aromatic heterocycles. The maximum Gasteiger partial charge on any atom is 0.272 e. The second-order valence-electron chi connectivity index (χ2n) is 11.0. The van der Waals surface area contributed by atoms with Gasteiger partial charge in [-0.05, 0) is 43.2 Å². The summed E-state index contributed by atoms with van der Waals surface area (Å²) < 4.78 is 31.6. The first-order chi connectivity index (χ1) is 20.5. The van der Waals surface area contributed by atoms with E-state index in [4.69, 9.17) is 27.9 Å². The molecule has 3 N–H and O–H groups in total. The van der Waals surface area contributed by atoms with Crippen LogP contribution in [-0.4, -0.2) is 31.9 Å². The standard InChI is InChI=1S/C31H33Cl2F2N5O3S/c1-16-10-21(28(41)39-29-20(13-36)11-17(2)44-29)24(43-15-25(34)35)12-23(16)40(7)18(3)38-27-22(32)9-8-19(26(27)33)14-37-30(42)31(4,5)6/h8-12,25,38H,3,14-15H2,1-2,4-7H3,(H,37,42)(H,39,41). The number of halogens is 4. The van der Waals surface area contributed by atoms with E-state index in [1.165, 1.54) is 23.5 Å². The van der Waals surface area contributed by atoms with Gasteiger partial charge in [0.05, 0.1) is 26.9 Å². The van der Waals surface area contributed by atoms with Gasteiger partial charge in [-0.15, -0.1) is 11.3 Å². The maximum absolute atomic E-state index is 13.2. The van der Waals surface area contributed by atoms with E-state index in [1.807, 2.05) is 6.07 Å². The van der Waals surface area contributed by atoms with Crippen molar-refractivity contribution in [3.05, 3.63) is 79.9 Å². The summed E-state index contributed by atoms with van der Waals surface area (Å²) in [6.07, 6.45) is -2.78. The fraction of sp³-hybridized carbons (Fsp3) is 0.323. The molecule has 1 heterocycles. The van der Waals surface area contributed by atoms with Gasteiger partial charge in [0.15, 0.2) is 0 Å². The number of amides is 2. The number of carbonyl (C=O) groups excluding carboxylic acids is 2. The number of hydrogen-bond donors (Lipinski definition) is 3. The molecule has 0 fully saturated rings. The van der Waals surface area contributed by atoms with Gasteiger partial charge < -0.3 is 25.6 Å². The van der Waals surface area contributed by atoms with Crippen LogP contribution in [0.5, 0.6) is 5.75 Å². The first-order valence-corrected chi connectivity index (χ1v) is 14.9. The van der Waals surface area contributed by atoms with Crippen LogP contribution in [0.1, 0.15) is 52.7 Å². The highest BCUT2D eigenvalue weighted by Gasteiger charge is 2.23. The van der Waals surface area contributed by atoms with E-state index in [0.29, 0.717) is 43.9 Å². The van der Waals surface area contributed by atoms with Gasteiger partial charge in [0.2, 0.25) is 5.91 Å². The van der Waals surface area contributed by atoms with E-state index in [-0.39, 0.29) is 28.8 Å². The first kappa shape index (κ1) is 34.6. The largest absolute Gasteiger partial charge is 0.487 e. The van der Waals surface area contributed by atoms with Crippen molar-refractivity contribution in [3.8, 4) is 11.8 Å². The summed E-state index contributed by atoms with van der Waals surface area (Å²) in [6.45, 7) is 12.3. The fourth-order valence-corrected chi connectivity index (χ4v) is 5.40. The Morgan fingerprint density at radius 2 is 1.84 bits per heavy atom. The molecule has 234 valence electrons. The summed E-state index contributed by atoms with van der Waals surface area (Å²) in [5.41, 5.74) is 1.81. The van der Waals surface area contributed by atoms with Gasteiger partial charge in [0.25, 0.3) is 12.3 Å². The van der Waals surface area contributed by atoms with Crippen LogP contribution in [0.4, 0.5) is 25.2 Å². The molecule has 8 nitrogen and oxygen atoms in total. The molecule has 0 saturated heterocycles. The quantitative estimate of drug-likeness (QED) is 0.191. The average Bonchev–Trinajstić information content (AvgIpc) is 3.31. The van der Waals surface area contributed by atoms with Crippen LogP contribution in [0.25, 0.3) is 0 Å². The summed E-state index contributed by atoms with van der Waals surface area (Å²) >= 11 is 14.3. The maximum atomic E-state index is 13.2. The number of anilines is 3. The van der Waals surface area contributed by atoms with Gasteiger partial charge >= 0.3 is 0 Å². The van der Waals surface area contributed by atoms with Crippen LogP contribution in [0.3, 0.4) is 0 Å². The molecular weight excluding hydrogens is 631 g/mol. The van der Waals surface area contributed by atoms with Crippen molar-refractivity contribution in [1.82, 2.24) is 5.32 Å². The number of benzene rings is 2. The second-order valence-corrected chi connectivity index (χ2v) is 13.0. The minimum atomic E-state index is -2.78. The van der Waals surface area contributed by atoms with Gasteiger partial charge in [-0.3, -0.25) is 9.59 Å². The molecule has 44 heavy (non-hydrogen) atoms. The number of aryl methyl sites for hydroxylation is 2. The highest BCUT2D eigenvalue weighted by atomic mass is 35.5. The zero-order valence-electron chi connectivity index (χ0n) is 25.1. The third kappa shape index (κ3) is 8.40. The third-order valence-corrected chi connectivity index (χ3v) is 8.15. The molecule has 0 aliphatic heterocycles.